The summed E-state index contributed by atoms with van der Waals surface area (Å²) in [6.07, 6.45) is 2.84. The molecule has 2 aromatic carbocycles. The minimum atomic E-state index is -0.510. The molecule has 2 aromatic rings. The summed E-state index contributed by atoms with van der Waals surface area (Å²) in [7, 11) is 1.58. The Morgan fingerprint density at radius 3 is 2.64 bits per heavy atom. The van der Waals surface area contributed by atoms with Gasteiger partial charge in [0.2, 0.25) is 5.91 Å². The SMILES string of the molecule is CCCNC(=O)C1(Cc2ccccc2-c2cc(F)ccc2OC)CCOCC1. The number of hydrogen-bond acceptors (Lipinski definition) is 3. The molecule has 28 heavy (non-hydrogen) atoms. The number of halogens is 1. The predicted octanol–water partition coefficient (Wildman–Crippen LogP) is 4.37. The standard InChI is InChI=1S/C23H28FNO3/c1-3-12-25-22(26)23(10-13-28-14-11-23)16-17-6-4-5-7-19(17)20-15-18(24)8-9-21(20)27-2/h4-9,15H,3,10-14,16H2,1-2H3,(H,25,26). The summed E-state index contributed by atoms with van der Waals surface area (Å²) in [6, 6.07) is 12.4. The molecule has 1 aliphatic rings. The fourth-order valence-corrected chi connectivity index (χ4v) is 3.86. The number of hydrogen-bond donors (Lipinski definition) is 1. The van der Waals surface area contributed by atoms with Crippen molar-refractivity contribution in [1.82, 2.24) is 5.32 Å². The Labute approximate surface area is 166 Å². The summed E-state index contributed by atoms with van der Waals surface area (Å²) in [5, 5.41) is 3.07. The lowest BCUT2D eigenvalue weighted by Crippen LogP contribution is -2.46. The molecule has 0 radical (unpaired) electrons. The zero-order chi connectivity index (χ0) is 20.0. The Bertz CT molecular complexity index is 815. The summed E-state index contributed by atoms with van der Waals surface area (Å²) in [4.78, 5) is 13.1. The quantitative estimate of drug-likeness (QED) is 0.770. The zero-order valence-corrected chi connectivity index (χ0v) is 16.6. The molecule has 0 aliphatic carbocycles. The Morgan fingerprint density at radius 1 is 1.18 bits per heavy atom. The van der Waals surface area contributed by atoms with Crippen LogP contribution in [0.4, 0.5) is 4.39 Å². The van der Waals surface area contributed by atoms with Crippen molar-refractivity contribution in [3.8, 4) is 16.9 Å². The molecule has 3 rings (SSSR count). The number of nitrogens with one attached hydrogen (secondary N) is 1. The second kappa shape index (κ2) is 9.20. The average Bonchev–Trinajstić information content (AvgIpc) is 2.73. The van der Waals surface area contributed by atoms with Crippen molar-refractivity contribution in [3.63, 3.8) is 0 Å². The maximum absolute atomic E-state index is 14.0. The molecule has 1 aliphatic heterocycles. The van der Waals surface area contributed by atoms with Crippen LogP contribution in [0.25, 0.3) is 11.1 Å². The fourth-order valence-electron chi connectivity index (χ4n) is 3.86. The van der Waals surface area contributed by atoms with E-state index in [1.807, 2.05) is 31.2 Å². The lowest BCUT2D eigenvalue weighted by molar-refractivity contribution is -0.136. The van der Waals surface area contributed by atoms with Crippen LogP contribution in [0.5, 0.6) is 5.75 Å². The van der Waals surface area contributed by atoms with E-state index in [1.165, 1.54) is 12.1 Å². The Balaban J connectivity index is 2.00. The van der Waals surface area contributed by atoms with Gasteiger partial charge in [-0.15, -0.1) is 0 Å². The molecular formula is C23H28FNO3. The smallest absolute Gasteiger partial charge is 0.226 e. The molecule has 0 unspecified atom stereocenters. The van der Waals surface area contributed by atoms with Crippen molar-refractivity contribution >= 4 is 5.91 Å². The third kappa shape index (κ3) is 4.36. The molecule has 1 amide bonds. The molecule has 0 atom stereocenters. The first kappa shape index (κ1) is 20.3. The Hall–Kier alpha value is -2.40. The molecule has 1 N–H and O–H groups in total. The zero-order valence-electron chi connectivity index (χ0n) is 16.6. The van der Waals surface area contributed by atoms with Gasteiger partial charge < -0.3 is 14.8 Å². The van der Waals surface area contributed by atoms with Gasteiger partial charge in [-0.05, 0) is 55.0 Å². The second-order valence-electron chi connectivity index (χ2n) is 7.33. The first-order chi connectivity index (χ1) is 13.6. The molecule has 1 fully saturated rings. The lowest BCUT2D eigenvalue weighted by Gasteiger charge is -2.36. The van der Waals surface area contributed by atoms with Crippen molar-refractivity contribution in [2.24, 2.45) is 5.41 Å². The van der Waals surface area contributed by atoms with Gasteiger partial charge in [-0.25, -0.2) is 4.39 Å². The van der Waals surface area contributed by atoms with Gasteiger partial charge in [0.05, 0.1) is 12.5 Å². The van der Waals surface area contributed by atoms with E-state index in [0.717, 1.165) is 17.5 Å². The first-order valence-corrected chi connectivity index (χ1v) is 9.87. The average molecular weight is 385 g/mol. The monoisotopic (exact) mass is 385 g/mol. The molecule has 0 aromatic heterocycles. The minimum absolute atomic E-state index is 0.0821. The van der Waals surface area contributed by atoms with Gasteiger partial charge in [0.15, 0.2) is 0 Å². The summed E-state index contributed by atoms with van der Waals surface area (Å²) in [6.45, 7) is 3.86. The molecule has 1 saturated heterocycles. The van der Waals surface area contributed by atoms with Crippen LogP contribution in [0, 0.1) is 11.2 Å². The highest BCUT2D eigenvalue weighted by Gasteiger charge is 2.40. The minimum Gasteiger partial charge on any atom is -0.496 e. The van der Waals surface area contributed by atoms with Crippen LogP contribution in [0.1, 0.15) is 31.7 Å². The van der Waals surface area contributed by atoms with Gasteiger partial charge in [-0.2, -0.15) is 0 Å². The normalized spacial score (nSPS) is 15.8. The van der Waals surface area contributed by atoms with Crippen molar-refractivity contribution in [2.75, 3.05) is 26.9 Å². The molecular weight excluding hydrogens is 357 g/mol. The van der Waals surface area contributed by atoms with Crippen molar-refractivity contribution in [3.05, 3.63) is 53.8 Å². The Morgan fingerprint density at radius 2 is 1.93 bits per heavy atom. The van der Waals surface area contributed by atoms with Crippen LogP contribution in [0.2, 0.25) is 0 Å². The first-order valence-electron chi connectivity index (χ1n) is 9.87. The number of carbonyl (C=O) groups is 1. The summed E-state index contributed by atoms with van der Waals surface area (Å²) in [5.41, 5.74) is 2.10. The number of rotatable bonds is 7. The van der Waals surface area contributed by atoms with Crippen LogP contribution < -0.4 is 10.1 Å². The van der Waals surface area contributed by atoms with Crippen molar-refractivity contribution in [2.45, 2.75) is 32.6 Å². The number of ether oxygens (including phenoxy) is 2. The third-order valence-electron chi connectivity index (χ3n) is 5.47. The fraction of sp³-hybridized carbons (Fsp3) is 0.435. The second-order valence-corrected chi connectivity index (χ2v) is 7.33. The topological polar surface area (TPSA) is 47.6 Å². The highest BCUT2D eigenvalue weighted by molar-refractivity contribution is 5.84. The van der Waals surface area contributed by atoms with E-state index in [1.54, 1.807) is 13.2 Å². The Kier molecular flexibility index (Phi) is 6.68. The summed E-state index contributed by atoms with van der Waals surface area (Å²) >= 11 is 0. The van der Waals surface area contributed by atoms with E-state index < -0.39 is 5.41 Å². The molecule has 0 bridgehead atoms. The van der Waals surface area contributed by atoms with Crippen LogP contribution in [-0.2, 0) is 16.0 Å². The molecule has 150 valence electrons. The largest absolute Gasteiger partial charge is 0.496 e. The van der Waals surface area contributed by atoms with Gasteiger partial charge >= 0.3 is 0 Å². The number of carbonyl (C=O) groups excluding carboxylic acids is 1. The van der Waals surface area contributed by atoms with E-state index in [9.17, 15) is 9.18 Å². The lowest BCUT2D eigenvalue weighted by atomic mass is 9.73. The molecule has 0 saturated carbocycles. The molecule has 4 nitrogen and oxygen atoms in total. The number of methoxy groups -OCH3 is 1. The van der Waals surface area contributed by atoms with Gasteiger partial charge in [0.25, 0.3) is 0 Å². The van der Waals surface area contributed by atoms with E-state index in [0.29, 0.717) is 50.3 Å². The highest BCUT2D eigenvalue weighted by atomic mass is 19.1. The predicted molar refractivity (Wildman–Crippen MR) is 108 cm³/mol. The van der Waals surface area contributed by atoms with Crippen LogP contribution in [0.15, 0.2) is 42.5 Å². The summed E-state index contributed by atoms with van der Waals surface area (Å²) < 4.78 is 25.0. The van der Waals surface area contributed by atoms with Gasteiger partial charge in [-0.1, -0.05) is 31.2 Å². The van der Waals surface area contributed by atoms with Crippen LogP contribution >= 0.6 is 0 Å². The third-order valence-corrected chi connectivity index (χ3v) is 5.47. The van der Waals surface area contributed by atoms with Crippen LogP contribution in [0.3, 0.4) is 0 Å². The maximum Gasteiger partial charge on any atom is 0.226 e. The van der Waals surface area contributed by atoms with E-state index in [-0.39, 0.29) is 11.7 Å². The summed E-state index contributed by atoms with van der Waals surface area (Å²) in [5.74, 6) is 0.385. The van der Waals surface area contributed by atoms with Crippen LogP contribution in [-0.4, -0.2) is 32.8 Å². The van der Waals surface area contributed by atoms with E-state index in [2.05, 4.69) is 5.32 Å². The van der Waals surface area contributed by atoms with Crippen molar-refractivity contribution < 1.29 is 18.7 Å². The highest BCUT2D eigenvalue weighted by Crippen LogP contribution is 2.39. The van der Waals surface area contributed by atoms with Gasteiger partial charge in [-0.3, -0.25) is 4.79 Å². The number of amides is 1. The molecule has 0 spiro atoms. The van der Waals surface area contributed by atoms with Crippen molar-refractivity contribution in [1.29, 1.82) is 0 Å². The molecule has 5 heteroatoms. The number of benzene rings is 2. The van der Waals surface area contributed by atoms with E-state index in [4.69, 9.17) is 9.47 Å². The molecule has 1 heterocycles. The maximum atomic E-state index is 14.0. The van der Waals surface area contributed by atoms with Gasteiger partial charge in [0.1, 0.15) is 11.6 Å². The van der Waals surface area contributed by atoms with Gasteiger partial charge in [0, 0.05) is 25.3 Å². The van der Waals surface area contributed by atoms with E-state index >= 15 is 0 Å².